The lowest BCUT2D eigenvalue weighted by Gasteiger charge is -2.07. The Kier molecular flexibility index (Phi) is 4.45. The second-order valence-corrected chi connectivity index (χ2v) is 3.41. The summed E-state index contributed by atoms with van der Waals surface area (Å²) in [6.45, 7) is 6.45. The summed E-state index contributed by atoms with van der Waals surface area (Å²) in [5.74, 6) is 0.398. The molecule has 1 N–H and O–H groups in total. The Morgan fingerprint density at radius 2 is 2.00 bits per heavy atom. The molecule has 60 valence electrons. The summed E-state index contributed by atoms with van der Waals surface area (Å²) >= 11 is 5.50. The summed E-state index contributed by atoms with van der Waals surface area (Å²) in [5, 5.41) is 2.29. The highest BCUT2D eigenvalue weighted by Crippen LogP contribution is 1.93. The van der Waals surface area contributed by atoms with Gasteiger partial charge < -0.3 is 5.32 Å². The SMILES string of the molecule is CC(C)CNC(=O)[C@@H](C)Cl. The minimum Gasteiger partial charge on any atom is -0.355 e. The minimum absolute atomic E-state index is 0.0876. The van der Waals surface area contributed by atoms with Crippen LogP contribution in [0.4, 0.5) is 0 Å². The summed E-state index contributed by atoms with van der Waals surface area (Å²) in [6.07, 6.45) is 0. The molecule has 0 bridgehead atoms. The Morgan fingerprint density at radius 1 is 1.50 bits per heavy atom. The fourth-order valence-corrected chi connectivity index (χ4v) is 0.523. The van der Waals surface area contributed by atoms with E-state index in [4.69, 9.17) is 11.6 Å². The van der Waals surface area contributed by atoms with E-state index in [9.17, 15) is 4.79 Å². The lowest BCUT2D eigenvalue weighted by Crippen LogP contribution is -2.32. The molecule has 10 heavy (non-hydrogen) atoms. The molecule has 2 nitrogen and oxygen atoms in total. The van der Waals surface area contributed by atoms with Crippen LogP contribution in [0.25, 0.3) is 0 Å². The molecule has 0 aliphatic heterocycles. The lowest BCUT2D eigenvalue weighted by atomic mass is 10.2. The van der Waals surface area contributed by atoms with E-state index < -0.39 is 5.38 Å². The molecule has 0 aliphatic rings. The second-order valence-electron chi connectivity index (χ2n) is 2.76. The van der Waals surface area contributed by atoms with Crippen molar-refractivity contribution in [1.29, 1.82) is 0 Å². The van der Waals surface area contributed by atoms with Crippen molar-refractivity contribution in [2.75, 3.05) is 6.54 Å². The minimum atomic E-state index is -0.418. The van der Waals surface area contributed by atoms with E-state index >= 15 is 0 Å². The molecule has 0 aromatic heterocycles. The number of alkyl halides is 1. The van der Waals surface area contributed by atoms with E-state index in [-0.39, 0.29) is 5.91 Å². The van der Waals surface area contributed by atoms with Crippen molar-refractivity contribution in [3.63, 3.8) is 0 Å². The molecular weight excluding hydrogens is 150 g/mol. The largest absolute Gasteiger partial charge is 0.355 e. The number of hydrogen-bond donors (Lipinski definition) is 1. The number of amides is 1. The molecule has 1 amide bonds. The van der Waals surface area contributed by atoms with Gasteiger partial charge in [-0.1, -0.05) is 13.8 Å². The van der Waals surface area contributed by atoms with Gasteiger partial charge >= 0.3 is 0 Å². The third kappa shape index (κ3) is 4.62. The molecule has 0 aliphatic carbocycles. The number of nitrogens with one attached hydrogen (secondary N) is 1. The first-order valence-electron chi connectivity index (χ1n) is 3.45. The molecule has 0 saturated heterocycles. The van der Waals surface area contributed by atoms with E-state index in [1.165, 1.54) is 0 Å². The number of carbonyl (C=O) groups excluding carboxylic acids is 1. The average Bonchev–Trinajstić information content (AvgIpc) is 1.82. The zero-order valence-electron chi connectivity index (χ0n) is 6.65. The fourth-order valence-electron chi connectivity index (χ4n) is 0.445. The molecule has 0 aromatic carbocycles. The maximum atomic E-state index is 10.8. The van der Waals surface area contributed by atoms with Gasteiger partial charge in [-0.05, 0) is 12.8 Å². The van der Waals surface area contributed by atoms with Gasteiger partial charge in [-0.15, -0.1) is 11.6 Å². The summed E-state index contributed by atoms with van der Waals surface area (Å²) < 4.78 is 0. The van der Waals surface area contributed by atoms with Crippen LogP contribution in [-0.2, 0) is 4.79 Å². The lowest BCUT2D eigenvalue weighted by molar-refractivity contribution is -0.120. The van der Waals surface area contributed by atoms with Gasteiger partial charge in [0, 0.05) is 6.54 Å². The van der Waals surface area contributed by atoms with Crippen LogP contribution in [0.2, 0.25) is 0 Å². The van der Waals surface area contributed by atoms with Crippen molar-refractivity contribution < 1.29 is 4.79 Å². The first kappa shape index (κ1) is 9.76. The van der Waals surface area contributed by atoms with Gasteiger partial charge in [0.05, 0.1) is 0 Å². The Hall–Kier alpha value is -0.240. The zero-order chi connectivity index (χ0) is 8.15. The number of carbonyl (C=O) groups is 1. The van der Waals surface area contributed by atoms with Gasteiger partial charge in [0.15, 0.2) is 0 Å². The summed E-state index contributed by atoms with van der Waals surface area (Å²) in [7, 11) is 0. The predicted molar refractivity (Wildman–Crippen MR) is 43.2 cm³/mol. The normalized spacial score (nSPS) is 13.3. The monoisotopic (exact) mass is 163 g/mol. The smallest absolute Gasteiger partial charge is 0.237 e. The zero-order valence-corrected chi connectivity index (χ0v) is 7.40. The topological polar surface area (TPSA) is 29.1 Å². The van der Waals surface area contributed by atoms with E-state index in [1.54, 1.807) is 6.92 Å². The number of halogens is 1. The fraction of sp³-hybridized carbons (Fsp3) is 0.857. The van der Waals surface area contributed by atoms with Gasteiger partial charge in [-0.25, -0.2) is 0 Å². The van der Waals surface area contributed by atoms with Crippen LogP contribution in [0.1, 0.15) is 20.8 Å². The quantitative estimate of drug-likeness (QED) is 0.626. The molecule has 0 aromatic rings. The van der Waals surface area contributed by atoms with Crippen LogP contribution in [0.3, 0.4) is 0 Å². The van der Waals surface area contributed by atoms with Crippen molar-refractivity contribution in [3.8, 4) is 0 Å². The molecule has 0 unspecified atom stereocenters. The van der Waals surface area contributed by atoms with E-state index in [0.29, 0.717) is 12.5 Å². The van der Waals surface area contributed by atoms with Crippen LogP contribution >= 0.6 is 11.6 Å². The predicted octanol–water partition coefficient (Wildman–Crippen LogP) is 1.39. The summed E-state index contributed by atoms with van der Waals surface area (Å²) in [4.78, 5) is 10.8. The van der Waals surface area contributed by atoms with E-state index in [1.807, 2.05) is 13.8 Å². The molecule has 0 heterocycles. The highest BCUT2D eigenvalue weighted by Gasteiger charge is 2.07. The van der Waals surface area contributed by atoms with Gasteiger partial charge in [0.1, 0.15) is 5.38 Å². The Morgan fingerprint density at radius 3 is 2.30 bits per heavy atom. The van der Waals surface area contributed by atoms with E-state index in [0.717, 1.165) is 0 Å². The van der Waals surface area contributed by atoms with Gasteiger partial charge in [0.25, 0.3) is 0 Å². The number of rotatable bonds is 3. The van der Waals surface area contributed by atoms with Crippen LogP contribution in [0, 0.1) is 5.92 Å². The van der Waals surface area contributed by atoms with Crippen LogP contribution < -0.4 is 5.32 Å². The van der Waals surface area contributed by atoms with Gasteiger partial charge in [-0.3, -0.25) is 4.79 Å². The maximum absolute atomic E-state index is 10.8. The van der Waals surface area contributed by atoms with Crippen molar-refractivity contribution in [3.05, 3.63) is 0 Å². The summed E-state index contributed by atoms with van der Waals surface area (Å²) in [6, 6.07) is 0. The van der Waals surface area contributed by atoms with Crippen LogP contribution in [0.5, 0.6) is 0 Å². The highest BCUT2D eigenvalue weighted by atomic mass is 35.5. The van der Waals surface area contributed by atoms with Gasteiger partial charge in [0.2, 0.25) is 5.91 Å². The molecule has 0 rings (SSSR count). The Labute approximate surface area is 66.9 Å². The van der Waals surface area contributed by atoms with Crippen LogP contribution in [0.15, 0.2) is 0 Å². The second kappa shape index (κ2) is 4.56. The molecule has 0 spiro atoms. The van der Waals surface area contributed by atoms with Gasteiger partial charge in [-0.2, -0.15) is 0 Å². The summed E-state index contributed by atoms with van der Waals surface area (Å²) in [5.41, 5.74) is 0. The first-order valence-corrected chi connectivity index (χ1v) is 3.89. The standard InChI is InChI=1S/C7H14ClNO/c1-5(2)4-9-7(10)6(3)8/h5-6H,4H2,1-3H3,(H,9,10)/t6-/m1/s1. The van der Waals surface area contributed by atoms with Crippen molar-refractivity contribution in [1.82, 2.24) is 5.32 Å². The maximum Gasteiger partial charge on any atom is 0.237 e. The van der Waals surface area contributed by atoms with Crippen LogP contribution in [-0.4, -0.2) is 17.8 Å². The first-order chi connectivity index (χ1) is 4.54. The van der Waals surface area contributed by atoms with E-state index in [2.05, 4.69) is 5.32 Å². The average molecular weight is 164 g/mol. The third-order valence-electron chi connectivity index (χ3n) is 1.05. The van der Waals surface area contributed by atoms with Crippen molar-refractivity contribution >= 4 is 17.5 Å². The molecule has 0 radical (unpaired) electrons. The Bertz CT molecular complexity index is 112. The third-order valence-corrected chi connectivity index (χ3v) is 1.24. The molecule has 0 saturated carbocycles. The van der Waals surface area contributed by atoms with Crippen molar-refractivity contribution in [2.24, 2.45) is 5.92 Å². The van der Waals surface area contributed by atoms with Crippen molar-refractivity contribution in [2.45, 2.75) is 26.1 Å². The highest BCUT2D eigenvalue weighted by molar-refractivity contribution is 6.30. The molecular formula is C7H14ClNO. The Balaban J connectivity index is 3.40. The molecule has 0 fully saturated rings. The molecule has 3 heteroatoms. The molecule has 1 atom stereocenters. The number of hydrogen-bond acceptors (Lipinski definition) is 1.